The molecule has 2 N–H and O–H groups in total. The summed E-state index contributed by atoms with van der Waals surface area (Å²) in [5.41, 5.74) is 1.40. The highest BCUT2D eigenvalue weighted by atomic mass is 35.5. The van der Waals surface area contributed by atoms with Gasteiger partial charge in [-0.25, -0.2) is 9.89 Å². The van der Waals surface area contributed by atoms with Crippen molar-refractivity contribution < 1.29 is 4.79 Å². The Bertz CT molecular complexity index is 766. The molecule has 1 amide bonds. The van der Waals surface area contributed by atoms with Crippen LogP contribution in [0.2, 0.25) is 5.02 Å². The summed E-state index contributed by atoms with van der Waals surface area (Å²) in [6.45, 7) is 1.93. The predicted molar refractivity (Wildman–Crippen MR) is 86.7 cm³/mol. The number of carbonyl (C=O) groups excluding carboxylic acids is 1. The summed E-state index contributed by atoms with van der Waals surface area (Å²) in [5.74, 6) is -0.0187. The summed E-state index contributed by atoms with van der Waals surface area (Å²) in [6.07, 6.45) is 1.97. The molecule has 1 aliphatic rings. The summed E-state index contributed by atoms with van der Waals surface area (Å²) in [4.78, 5) is 23.7. The Morgan fingerprint density at radius 1 is 1.55 bits per heavy atom. The molecule has 0 radical (unpaired) electrons. The molecule has 6 nitrogen and oxygen atoms in total. The summed E-state index contributed by atoms with van der Waals surface area (Å²) < 4.78 is 1.62. The number of halogens is 1. The number of hydrogen-bond donors (Lipinski definition) is 2. The van der Waals surface area contributed by atoms with Gasteiger partial charge in [-0.2, -0.15) is 0 Å². The molecule has 8 heteroatoms. The SMILES string of the molecule is Cc1ccc(NC(=O)CSc2n[nH]c(=O)n2C2CC2)c(Cl)c1. The standard InChI is InChI=1S/C14H15ClN4O2S/c1-8-2-5-11(10(15)6-8)16-12(20)7-22-14-18-17-13(21)19(14)9-3-4-9/h2,5-6,9H,3-4,7H2,1H3,(H,16,20)(H,17,21). The van der Waals surface area contributed by atoms with Crippen molar-refractivity contribution >= 4 is 35.0 Å². The third-order valence-electron chi connectivity index (χ3n) is 3.32. The van der Waals surface area contributed by atoms with Crippen LogP contribution in [0.5, 0.6) is 0 Å². The largest absolute Gasteiger partial charge is 0.344 e. The molecular formula is C14H15ClN4O2S. The number of hydrogen-bond acceptors (Lipinski definition) is 4. The third kappa shape index (κ3) is 3.36. The second-order valence-electron chi connectivity index (χ2n) is 5.23. The molecule has 1 fully saturated rings. The van der Waals surface area contributed by atoms with Gasteiger partial charge in [-0.05, 0) is 37.5 Å². The molecule has 1 heterocycles. The third-order valence-corrected chi connectivity index (χ3v) is 4.58. The van der Waals surface area contributed by atoms with Gasteiger partial charge in [0.2, 0.25) is 5.91 Å². The van der Waals surface area contributed by atoms with Gasteiger partial charge in [-0.15, -0.1) is 5.10 Å². The molecule has 0 spiro atoms. The number of rotatable bonds is 5. The lowest BCUT2D eigenvalue weighted by molar-refractivity contribution is -0.113. The van der Waals surface area contributed by atoms with Crippen molar-refractivity contribution in [2.45, 2.75) is 31.0 Å². The van der Waals surface area contributed by atoms with Crippen LogP contribution in [0.3, 0.4) is 0 Å². The highest BCUT2D eigenvalue weighted by Gasteiger charge is 2.28. The minimum Gasteiger partial charge on any atom is -0.324 e. The summed E-state index contributed by atoms with van der Waals surface area (Å²) >= 11 is 7.32. The Morgan fingerprint density at radius 2 is 2.32 bits per heavy atom. The molecule has 116 valence electrons. The number of anilines is 1. The van der Waals surface area contributed by atoms with E-state index >= 15 is 0 Å². The predicted octanol–water partition coefficient (Wildman–Crippen LogP) is 2.60. The molecule has 3 rings (SSSR count). The van der Waals surface area contributed by atoms with Crippen molar-refractivity contribution in [1.82, 2.24) is 14.8 Å². The van der Waals surface area contributed by atoms with Crippen LogP contribution in [-0.4, -0.2) is 26.4 Å². The second kappa shape index (κ2) is 6.18. The number of aromatic amines is 1. The average molecular weight is 339 g/mol. The number of benzene rings is 1. The first kappa shape index (κ1) is 15.2. The number of aromatic nitrogens is 3. The first-order valence-corrected chi connectivity index (χ1v) is 8.26. The van der Waals surface area contributed by atoms with Crippen LogP contribution in [0.4, 0.5) is 5.69 Å². The van der Waals surface area contributed by atoms with Crippen LogP contribution in [0.15, 0.2) is 28.2 Å². The maximum absolute atomic E-state index is 12.0. The van der Waals surface area contributed by atoms with E-state index in [0.717, 1.165) is 18.4 Å². The molecule has 22 heavy (non-hydrogen) atoms. The Morgan fingerprint density at radius 3 is 3.00 bits per heavy atom. The van der Waals surface area contributed by atoms with Crippen LogP contribution >= 0.6 is 23.4 Å². The van der Waals surface area contributed by atoms with E-state index in [1.165, 1.54) is 11.8 Å². The van der Waals surface area contributed by atoms with Gasteiger partial charge in [-0.1, -0.05) is 29.4 Å². The summed E-state index contributed by atoms with van der Waals surface area (Å²) in [5, 5.41) is 10.2. The number of aryl methyl sites for hydroxylation is 1. The number of carbonyl (C=O) groups is 1. The average Bonchev–Trinajstić information content (AvgIpc) is 3.23. The molecule has 1 aromatic heterocycles. The van der Waals surface area contributed by atoms with Crippen molar-refractivity contribution in [3.05, 3.63) is 39.3 Å². The highest BCUT2D eigenvalue weighted by molar-refractivity contribution is 7.99. The Kier molecular flexibility index (Phi) is 4.26. The van der Waals surface area contributed by atoms with Gasteiger partial charge >= 0.3 is 5.69 Å². The van der Waals surface area contributed by atoms with Crippen molar-refractivity contribution in [2.24, 2.45) is 0 Å². The molecule has 2 aromatic rings. The van der Waals surface area contributed by atoms with Gasteiger partial charge in [0.25, 0.3) is 0 Å². The lowest BCUT2D eigenvalue weighted by atomic mass is 10.2. The zero-order valence-corrected chi connectivity index (χ0v) is 13.5. The maximum Gasteiger partial charge on any atom is 0.344 e. The van der Waals surface area contributed by atoms with Gasteiger partial charge in [-0.3, -0.25) is 9.36 Å². The van der Waals surface area contributed by atoms with E-state index in [2.05, 4.69) is 15.5 Å². The normalized spacial score (nSPS) is 14.1. The smallest absolute Gasteiger partial charge is 0.324 e. The van der Waals surface area contributed by atoms with Crippen LogP contribution in [0, 0.1) is 6.92 Å². The fourth-order valence-corrected chi connectivity index (χ4v) is 3.18. The van der Waals surface area contributed by atoms with Crippen LogP contribution in [-0.2, 0) is 4.79 Å². The molecule has 0 atom stereocenters. The minimum atomic E-state index is -0.216. The number of nitrogens with one attached hydrogen (secondary N) is 2. The van der Waals surface area contributed by atoms with E-state index in [1.807, 2.05) is 13.0 Å². The van der Waals surface area contributed by atoms with Crippen LogP contribution in [0.1, 0.15) is 24.4 Å². The van der Waals surface area contributed by atoms with E-state index in [9.17, 15) is 9.59 Å². The van der Waals surface area contributed by atoms with Gasteiger partial charge in [0.05, 0.1) is 16.5 Å². The maximum atomic E-state index is 12.0. The first-order chi connectivity index (χ1) is 10.5. The lowest BCUT2D eigenvalue weighted by Gasteiger charge is -2.08. The molecule has 1 saturated carbocycles. The van der Waals surface area contributed by atoms with Crippen LogP contribution in [0.25, 0.3) is 0 Å². The monoisotopic (exact) mass is 338 g/mol. The zero-order valence-electron chi connectivity index (χ0n) is 11.9. The number of thioether (sulfide) groups is 1. The summed E-state index contributed by atoms with van der Waals surface area (Å²) in [6, 6.07) is 5.67. The zero-order chi connectivity index (χ0) is 15.7. The molecular weight excluding hydrogens is 324 g/mol. The number of amides is 1. The van der Waals surface area contributed by atoms with Crippen molar-refractivity contribution in [2.75, 3.05) is 11.1 Å². The van der Waals surface area contributed by atoms with Gasteiger partial charge in [0, 0.05) is 6.04 Å². The van der Waals surface area contributed by atoms with E-state index in [-0.39, 0.29) is 23.4 Å². The van der Waals surface area contributed by atoms with E-state index in [0.29, 0.717) is 15.9 Å². The summed E-state index contributed by atoms with van der Waals surface area (Å²) in [7, 11) is 0. The molecule has 0 saturated heterocycles. The molecule has 1 aromatic carbocycles. The van der Waals surface area contributed by atoms with E-state index < -0.39 is 0 Å². The molecule has 1 aliphatic carbocycles. The highest BCUT2D eigenvalue weighted by Crippen LogP contribution is 2.36. The first-order valence-electron chi connectivity index (χ1n) is 6.90. The fourth-order valence-electron chi connectivity index (χ4n) is 2.08. The van der Waals surface area contributed by atoms with Gasteiger partial charge in [0.1, 0.15) is 0 Å². The van der Waals surface area contributed by atoms with Crippen LogP contribution < -0.4 is 11.0 Å². The van der Waals surface area contributed by atoms with Gasteiger partial charge < -0.3 is 5.32 Å². The van der Waals surface area contributed by atoms with Gasteiger partial charge in [0.15, 0.2) is 5.16 Å². The molecule has 0 bridgehead atoms. The Labute approximate surface area is 136 Å². The Balaban J connectivity index is 1.62. The van der Waals surface area contributed by atoms with Crippen molar-refractivity contribution in [3.8, 4) is 0 Å². The molecule has 0 unspecified atom stereocenters. The fraction of sp³-hybridized carbons (Fsp3) is 0.357. The van der Waals surface area contributed by atoms with Crippen molar-refractivity contribution in [3.63, 3.8) is 0 Å². The van der Waals surface area contributed by atoms with E-state index in [4.69, 9.17) is 11.6 Å². The minimum absolute atomic E-state index is 0.168. The molecule has 0 aliphatic heterocycles. The van der Waals surface area contributed by atoms with E-state index in [1.54, 1.807) is 16.7 Å². The number of nitrogens with zero attached hydrogens (tertiary/aromatic N) is 2. The second-order valence-corrected chi connectivity index (χ2v) is 6.58. The quantitative estimate of drug-likeness (QED) is 0.821. The Hall–Kier alpha value is -1.73. The van der Waals surface area contributed by atoms with Crippen molar-refractivity contribution in [1.29, 1.82) is 0 Å². The number of H-pyrrole nitrogens is 1. The topological polar surface area (TPSA) is 79.8 Å². The lowest BCUT2D eigenvalue weighted by Crippen LogP contribution is -2.18.